The summed E-state index contributed by atoms with van der Waals surface area (Å²) in [6, 6.07) is 8.81. The zero-order valence-electron chi connectivity index (χ0n) is 18.0. The summed E-state index contributed by atoms with van der Waals surface area (Å²) < 4.78 is 5.82. The number of hydrogen-bond donors (Lipinski definition) is 0. The Kier molecular flexibility index (Phi) is 8.47. The summed E-state index contributed by atoms with van der Waals surface area (Å²) in [5, 5.41) is 0. The maximum absolute atomic E-state index is 5.82. The minimum absolute atomic E-state index is 0.239. The fourth-order valence-corrected chi connectivity index (χ4v) is 2.97. The number of hydrogen-bond acceptors (Lipinski definition) is 1. The van der Waals surface area contributed by atoms with E-state index in [2.05, 4.69) is 65.8 Å². The van der Waals surface area contributed by atoms with Crippen LogP contribution in [-0.2, 0) is 4.65 Å². The van der Waals surface area contributed by atoms with Crippen molar-refractivity contribution in [2.24, 2.45) is 10.8 Å². The van der Waals surface area contributed by atoms with Crippen LogP contribution in [0, 0.1) is 10.8 Å². The molecule has 0 spiro atoms. The van der Waals surface area contributed by atoms with Gasteiger partial charge in [0, 0.05) is 0 Å². The maximum Gasteiger partial charge on any atom is 0.408 e. The van der Waals surface area contributed by atoms with Gasteiger partial charge in [-0.1, -0.05) is 84.0 Å². The van der Waals surface area contributed by atoms with Crippen LogP contribution >= 0.6 is 0 Å². The maximum atomic E-state index is 5.82. The summed E-state index contributed by atoms with van der Waals surface area (Å²) in [6.45, 7) is 18.0. The molecule has 1 atom stereocenters. The van der Waals surface area contributed by atoms with Crippen LogP contribution in [0.3, 0.4) is 0 Å². The van der Waals surface area contributed by atoms with Gasteiger partial charge in [0.2, 0.25) is 0 Å². The average molecular weight is 351 g/mol. The van der Waals surface area contributed by atoms with Gasteiger partial charge in [-0.05, 0) is 60.2 Å². The SMILES string of the molecule is C\C=C/C=C(\C=C/C)O[B]c1ccc(C(CC(C)(C)C)C(C)(C)C)cc1. The highest BCUT2D eigenvalue weighted by Gasteiger charge is 2.30. The van der Waals surface area contributed by atoms with Gasteiger partial charge in [-0.3, -0.25) is 0 Å². The summed E-state index contributed by atoms with van der Waals surface area (Å²) in [5.41, 5.74) is 3.03. The molecule has 0 saturated heterocycles. The van der Waals surface area contributed by atoms with Crippen LogP contribution in [0.25, 0.3) is 0 Å². The second-order valence-electron chi connectivity index (χ2n) is 9.18. The Hall–Kier alpha value is -1.70. The van der Waals surface area contributed by atoms with Gasteiger partial charge in [-0.2, -0.15) is 0 Å². The van der Waals surface area contributed by atoms with E-state index < -0.39 is 0 Å². The average Bonchev–Trinajstić information content (AvgIpc) is 2.54. The summed E-state index contributed by atoms with van der Waals surface area (Å²) in [4.78, 5) is 0. The first kappa shape index (κ1) is 22.3. The summed E-state index contributed by atoms with van der Waals surface area (Å²) >= 11 is 0. The lowest BCUT2D eigenvalue weighted by Crippen LogP contribution is -2.24. The second kappa shape index (κ2) is 9.85. The van der Waals surface area contributed by atoms with Crippen LogP contribution in [-0.4, -0.2) is 7.48 Å². The standard InChI is InChI=1S/C24H36BO/c1-9-11-13-21(12-10-2)26-25-20-16-14-19(15-17-20)22(24(6,7)8)18-23(3,4)5/h9-17,22H,18H2,1-8H3/b11-9-,12-10-,21-13+. The van der Waals surface area contributed by atoms with Crippen LogP contribution in [0.15, 0.2) is 60.4 Å². The van der Waals surface area contributed by atoms with Crippen molar-refractivity contribution in [2.75, 3.05) is 0 Å². The number of rotatable bonds is 7. The third-order valence-corrected chi connectivity index (χ3v) is 4.32. The monoisotopic (exact) mass is 351 g/mol. The zero-order chi connectivity index (χ0) is 19.8. The smallest absolute Gasteiger partial charge is 0.408 e. The molecule has 0 heterocycles. The Morgan fingerprint density at radius 1 is 1.00 bits per heavy atom. The van der Waals surface area contributed by atoms with Crippen molar-refractivity contribution in [3.63, 3.8) is 0 Å². The third-order valence-electron chi connectivity index (χ3n) is 4.32. The summed E-state index contributed by atoms with van der Waals surface area (Å²) in [6.07, 6.45) is 11.0. The van der Waals surface area contributed by atoms with E-state index in [0.717, 1.165) is 11.2 Å². The molecule has 1 rings (SSSR count). The van der Waals surface area contributed by atoms with Crippen LogP contribution in [0.2, 0.25) is 0 Å². The van der Waals surface area contributed by atoms with Gasteiger partial charge in [-0.25, -0.2) is 0 Å². The molecule has 0 saturated carbocycles. The molecule has 141 valence electrons. The molecular weight excluding hydrogens is 315 g/mol. The predicted octanol–water partition coefficient (Wildman–Crippen LogP) is 6.55. The second-order valence-corrected chi connectivity index (χ2v) is 9.18. The van der Waals surface area contributed by atoms with Crippen molar-refractivity contribution in [3.05, 3.63) is 66.0 Å². The largest absolute Gasteiger partial charge is 0.558 e. The van der Waals surface area contributed by atoms with E-state index in [-0.39, 0.29) is 5.41 Å². The molecule has 0 fully saturated rings. The normalized spacial score (nSPS) is 14.8. The molecule has 1 aromatic rings. The lowest BCUT2D eigenvalue weighted by molar-refractivity contribution is 0.229. The Balaban J connectivity index is 2.89. The third kappa shape index (κ3) is 8.12. The van der Waals surface area contributed by atoms with Gasteiger partial charge in [0.25, 0.3) is 0 Å². The topological polar surface area (TPSA) is 9.23 Å². The Labute approximate surface area is 162 Å². The first-order valence-corrected chi connectivity index (χ1v) is 9.62. The van der Waals surface area contributed by atoms with Crippen LogP contribution in [0.5, 0.6) is 0 Å². The molecule has 26 heavy (non-hydrogen) atoms. The summed E-state index contributed by atoms with van der Waals surface area (Å²) in [5.74, 6) is 1.36. The Bertz CT molecular complexity index is 622. The molecule has 0 aliphatic carbocycles. The molecule has 0 aromatic heterocycles. The van der Waals surface area contributed by atoms with Crippen molar-refractivity contribution in [1.29, 1.82) is 0 Å². The fourth-order valence-electron chi connectivity index (χ4n) is 2.97. The van der Waals surface area contributed by atoms with Crippen molar-refractivity contribution < 1.29 is 4.65 Å². The molecule has 0 amide bonds. The Morgan fingerprint density at radius 3 is 2.08 bits per heavy atom. The van der Waals surface area contributed by atoms with Crippen LogP contribution in [0.1, 0.15) is 73.3 Å². The van der Waals surface area contributed by atoms with E-state index in [1.807, 2.05) is 51.7 Å². The van der Waals surface area contributed by atoms with E-state index in [1.54, 1.807) is 0 Å². The first-order valence-electron chi connectivity index (χ1n) is 9.62. The summed E-state index contributed by atoms with van der Waals surface area (Å²) in [7, 11) is 1.81. The quantitative estimate of drug-likeness (QED) is 0.307. The molecule has 0 aliphatic heterocycles. The van der Waals surface area contributed by atoms with Crippen molar-refractivity contribution in [1.82, 2.24) is 0 Å². The van der Waals surface area contributed by atoms with Crippen molar-refractivity contribution >= 4 is 12.9 Å². The van der Waals surface area contributed by atoms with E-state index in [4.69, 9.17) is 4.65 Å². The van der Waals surface area contributed by atoms with Crippen LogP contribution in [0.4, 0.5) is 0 Å². The molecule has 0 bridgehead atoms. The highest BCUT2D eigenvalue weighted by atomic mass is 16.4. The molecule has 0 N–H and O–H groups in total. The lowest BCUT2D eigenvalue weighted by Gasteiger charge is -2.36. The molecule has 1 unspecified atom stereocenters. The molecule has 1 radical (unpaired) electrons. The van der Waals surface area contributed by atoms with Gasteiger partial charge in [0.15, 0.2) is 0 Å². The molecule has 2 heteroatoms. The zero-order valence-corrected chi connectivity index (χ0v) is 18.0. The van der Waals surface area contributed by atoms with Gasteiger partial charge >= 0.3 is 7.48 Å². The number of allylic oxidation sites excluding steroid dienone is 5. The predicted molar refractivity (Wildman–Crippen MR) is 117 cm³/mol. The van der Waals surface area contributed by atoms with Crippen molar-refractivity contribution in [3.8, 4) is 0 Å². The van der Waals surface area contributed by atoms with E-state index in [1.165, 1.54) is 12.0 Å². The molecule has 1 aromatic carbocycles. The highest BCUT2D eigenvalue weighted by Crippen LogP contribution is 2.42. The molecular formula is C24H36BO. The van der Waals surface area contributed by atoms with E-state index in [0.29, 0.717) is 11.3 Å². The van der Waals surface area contributed by atoms with Crippen LogP contribution < -0.4 is 5.46 Å². The minimum atomic E-state index is 0.239. The molecule has 1 nitrogen and oxygen atoms in total. The van der Waals surface area contributed by atoms with E-state index >= 15 is 0 Å². The van der Waals surface area contributed by atoms with Crippen molar-refractivity contribution in [2.45, 2.75) is 67.7 Å². The lowest BCUT2D eigenvalue weighted by atomic mass is 9.69. The highest BCUT2D eigenvalue weighted by molar-refractivity contribution is 6.47. The van der Waals surface area contributed by atoms with Gasteiger partial charge < -0.3 is 4.65 Å². The number of benzene rings is 1. The Morgan fingerprint density at radius 2 is 1.62 bits per heavy atom. The minimum Gasteiger partial charge on any atom is -0.558 e. The van der Waals surface area contributed by atoms with Gasteiger partial charge in [-0.15, -0.1) is 0 Å². The first-order chi connectivity index (χ1) is 12.1. The molecule has 0 aliphatic rings. The van der Waals surface area contributed by atoms with E-state index in [9.17, 15) is 0 Å². The van der Waals surface area contributed by atoms with Gasteiger partial charge in [0.05, 0.1) is 5.76 Å². The van der Waals surface area contributed by atoms with Gasteiger partial charge in [0.1, 0.15) is 0 Å². The fraction of sp³-hybridized carbons (Fsp3) is 0.500.